The van der Waals surface area contributed by atoms with Crippen LogP contribution in [0.25, 0.3) is 21.8 Å². The van der Waals surface area contributed by atoms with Crippen LogP contribution in [-0.4, -0.2) is 45.9 Å². The number of aromatic amines is 2. The molecule has 0 spiro atoms. The Balaban J connectivity index is 0.919. The quantitative estimate of drug-likeness (QED) is 0.145. The second-order valence-electron chi connectivity index (χ2n) is 13.6. The van der Waals surface area contributed by atoms with Gasteiger partial charge in [0.1, 0.15) is 0 Å². The summed E-state index contributed by atoms with van der Waals surface area (Å²) < 4.78 is 0. The van der Waals surface area contributed by atoms with Crippen molar-refractivity contribution in [3.63, 3.8) is 0 Å². The number of unbranched alkanes of at least 4 members (excludes halogenated alkanes) is 1. The summed E-state index contributed by atoms with van der Waals surface area (Å²) in [4.78, 5) is 13.0. The number of H-pyrrole nitrogens is 2. The number of benzene rings is 4. The topological polar surface area (TPSA) is 38.1 Å². The molecule has 4 aromatic carbocycles. The molecule has 8 rings (SSSR count). The average molecular weight is 607 g/mol. The summed E-state index contributed by atoms with van der Waals surface area (Å²) in [7, 11) is 0. The predicted octanol–water partition coefficient (Wildman–Crippen LogP) is 8.42. The first-order valence-corrected chi connectivity index (χ1v) is 17.5. The fourth-order valence-electron chi connectivity index (χ4n) is 8.14. The SMILES string of the molecule is c1ccc2c(c1)CCN(CCc1c(CCCCc3[nH]c4ccccc4c3CCN3CCc4ccccc4C3)[nH]c3ccccc13)C2. The van der Waals surface area contributed by atoms with E-state index >= 15 is 0 Å². The minimum Gasteiger partial charge on any atom is -0.358 e. The maximum atomic E-state index is 3.83. The van der Waals surface area contributed by atoms with Gasteiger partial charge in [0.25, 0.3) is 0 Å². The molecule has 0 unspecified atom stereocenters. The molecular weight excluding hydrogens is 560 g/mol. The Morgan fingerprint density at radius 1 is 0.457 bits per heavy atom. The van der Waals surface area contributed by atoms with Crippen LogP contribution < -0.4 is 0 Å². The molecule has 4 nitrogen and oxygen atoms in total. The minimum absolute atomic E-state index is 1.08. The van der Waals surface area contributed by atoms with E-state index in [1.54, 1.807) is 0 Å². The number of aryl methyl sites for hydroxylation is 2. The Morgan fingerprint density at radius 3 is 1.35 bits per heavy atom. The lowest BCUT2D eigenvalue weighted by Crippen LogP contribution is -2.32. The zero-order valence-corrected chi connectivity index (χ0v) is 27.0. The highest BCUT2D eigenvalue weighted by molar-refractivity contribution is 5.85. The molecule has 0 bridgehead atoms. The second kappa shape index (κ2) is 13.3. The maximum Gasteiger partial charge on any atom is 0.0458 e. The van der Waals surface area contributed by atoms with Crippen LogP contribution in [0.1, 0.15) is 57.6 Å². The Morgan fingerprint density at radius 2 is 0.870 bits per heavy atom. The molecule has 2 aliphatic rings. The lowest BCUT2D eigenvalue weighted by atomic mass is 9.98. The summed E-state index contributed by atoms with van der Waals surface area (Å²) in [6, 6.07) is 35.8. The zero-order chi connectivity index (χ0) is 30.7. The van der Waals surface area contributed by atoms with Crippen LogP contribution in [0.15, 0.2) is 97.1 Å². The first-order chi connectivity index (χ1) is 22.8. The minimum atomic E-state index is 1.08. The van der Waals surface area contributed by atoms with E-state index in [2.05, 4.69) is 117 Å². The van der Waals surface area contributed by atoms with Gasteiger partial charge in [-0.2, -0.15) is 0 Å². The average Bonchev–Trinajstić information content (AvgIpc) is 3.65. The lowest BCUT2D eigenvalue weighted by molar-refractivity contribution is 0.257. The van der Waals surface area contributed by atoms with Gasteiger partial charge in [-0.25, -0.2) is 0 Å². The zero-order valence-electron chi connectivity index (χ0n) is 27.0. The largest absolute Gasteiger partial charge is 0.358 e. The fourth-order valence-corrected chi connectivity index (χ4v) is 8.14. The van der Waals surface area contributed by atoms with Crippen molar-refractivity contribution in [1.29, 1.82) is 0 Å². The molecule has 0 saturated carbocycles. The first-order valence-electron chi connectivity index (χ1n) is 17.5. The number of nitrogens with one attached hydrogen (secondary N) is 2. The van der Waals surface area contributed by atoms with Crippen LogP contribution in [0.3, 0.4) is 0 Å². The molecular formula is C42H46N4. The fraction of sp³-hybridized carbons (Fsp3) is 0.333. The number of para-hydroxylation sites is 2. The van der Waals surface area contributed by atoms with Gasteiger partial charge in [-0.05, 0) is 96.9 Å². The summed E-state index contributed by atoms with van der Waals surface area (Å²) in [5.41, 5.74) is 14.6. The van der Waals surface area contributed by atoms with E-state index in [9.17, 15) is 0 Å². The van der Waals surface area contributed by atoms with Gasteiger partial charge in [-0.15, -0.1) is 0 Å². The number of hydrogen-bond acceptors (Lipinski definition) is 2. The van der Waals surface area contributed by atoms with Crippen molar-refractivity contribution >= 4 is 21.8 Å². The van der Waals surface area contributed by atoms with Crippen LogP contribution in [-0.2, 0) is 51.6 Å². The van der Waals surface area contributed by atoms with Crippen molar-refractivity contribution in [2.75, 3.05) is 26.2 Å². The molecule has 2 N–H and O–H groups in total. The van der Waals surface area contributed by atoms with E-state index in [0.717, 1.165) is 65.0 Å². The molecule has 4 heterocycles. The summed E-state index contributed by atoms with van der Waals surface area (Å²) in [6.07, 6.45) is 9.13. The normalized spacial score (nSPS) is 15.4. The number of nitrogens with zero attached hydrogens (tertiary/aromatic N) is 2. The lowest BCUT2D eigenvalue weighted by Gasteiger charge is -2.28. The van der Waals surface area contributed by atoms with E-state index in [1.807, 2.05) is 0 Å². The molecule has 0 amide bonds. The molecule has 0 atom stereocenters. The summed E-state index contributed by atoms with van der Waals surface area (Å²) >= 11 is 0. The highest BCUT2D eigenvalue weighted by atomic mass is 15.1. The van der Waals surface area contributed by atoms with Crippen LogP contribution in [0.2, 0.25) is 0 Å². The standard InChI is InChI=1S/C42H46N4/c1-3-13-33-29-45(25-21-31(33)11-1)27-23-37-35-15-5-7-17-39(35)43-41(37)19-9-10-20-42-38(36-16-6-8-18-40(36)44-42)24-28-46-26-22-32-12-2-4-14-34(32)30-46/h1-8,11-18,43-44H,9-10,19-30H2. The van der Waals surface area contributed by atoms with E-state index in [4.69, 9.17) is 0 Å². The molecule has 2 aliphatic heterocycles. The van der Waals surface area contributed by atoms with Gasteiger partial charge in [-0.1, -0.05) is 84.9 Å². The molecule has 0 fully saturated rings. The molecule has 46 heavy (non-hydrogen) atoms. The second-order valence-corrected chi connectivity index (χ2v) is 13.6. The van der Waals surface area contributed by atoms with Crippen LogP contribution >= 0.6 is 0 Å². The van der Waals surface area contributed by atoms with Crippen molar-refractivity contribution in [3.05, 3.63) is 142 Å². The van der Waals surface area contributed by atoms with Gasteiger partial charge in [0.2, 0.25) is 0 Å². The highest BCUT2D eigenvalue weighted by Gasteiger charge is 2.19. The molecule has 6 aromatic rings. The van der Waals surface area contributed by atoms with Crippen LogP contribution in [0, 0.1) is 0 Å². The molecule has 0 saturated heterocycles. The Bertz CT molecular complexity index is 1800. The van der Waals surface area contributed by atoms with Crippen molar-refractivity contribution in [3.8, 4) is 0 Å². The Labute approximate surface area is 273 Å². The van der Waals surface area contributed by atoms with E-state index in [0.29, 0.717) is 0 Å². The molecule has 0 radical (unpaired) electrons. The number of hydrogen-bond donors (Lipinski definition) is 2. The van der Waals surface area contributed by atoms with Crippen LogP contribution in [0.4, 0.5) is 0 Å². The van der Waals surface area contributed by atoms with Gasteiger partial charge in [0.15, 0.2) is 0 Å². The van der Waals surface area contributed by atoms with Crippen molar-refractivity contribution in [1.82, 2.24) is 19.8 Å². The summed E-state index contributed by atoms with van der Waals surface area (Å²) in [6.45, 7) is 6.70. The molecule has 0 aliphatic carbocycles. The first kappa shape index (κ1) is 29.3. The van der Waals surface area contributed by atoms with Gasteiger partial charge in [-0.3, -0.25) is 9.80 Å². The number of fused-ring (bicyclic) bond motifs is 4. The summed E-state index contributed by atoms with van der Waals surface area (Å²) in [5, 5.41) is 2.82. The van der Waals surface area contributed by atoms with Crippen molar-refractivity contribution in [2.45, 2.75) is 64.5 Å². The number of rotatable bonds is 11. The maximum absolute atomic E-state index is 3.83. The van der Waals surface area contributed by atoms with Gasteiger partial charge in [0, 0.05) is 72.5 Å². The Hall–Kier alpha value is -4.12. The van der Waals surface area contributed by atoms with Gasteiger partial charge >= 0.3 is 0 Å². The van der Waals surface area contributed by atoms with E-state index < -0.39 is 0 Å². The summed E-state index contributed by atoms with van der Waals surface area (Å²) in [5.74, 6) is 0. The Kier molecular flexibility index (Phi) is 8.48. The smallest absolute Gasteiger partial charge is 0.0458 e. The van der Waals surface area contributed by atoms with Gasteiger partial charge < -0.3 is 9.97 Å². The number of aromatic nitrogens is 2. The van der Waals surface area contributed by atoms with Crippen LogP contribution in [0.5, 0.6) is 0 Å². The molecule has 234 valence electrons. The molecule has 4 heteroatoms. The molecule has 2 aromatic heterocycles. The predicted molar refractivity (Wildman–Crippen MR) is 191 cm³/mol. The van der Waals surface area contributed by atoms with Crippen molar-refractivity contribution < 1.29 is 0 Å². The van der Waals surface area contributed by atoms with E-state index in [1.165, 1.54) is 92.3 Å². The third-order valence-corrected chi connectivity index (χ3v) is 10.7. The van der Waals surface area contributed by atoms with Gasteiger partial charge in [0.05, 0.1) is 0 Å². The highest BCUT2D eigenvalue weighted by Crippen LogP contribution is 2.28. The monoisotopic (exact) mass is 606 g/mol. The van der Waals surface area contributed by atoms with E-state index in [-0.39, 0.29) is 0 Å². The third-order valence-electron chi connectivity index (χ3n) is 10.7. The third kappa shape index (κ3) is 6.17. The van der Waals surface area contributed by atoms with Crippen molar-refractivity contribution in [2.24, 2.45) is 0 Å².